The minimum atomic E-state index is -0.0590. The number of hydrogen-bond acceptors (Lipinski definition) is 3. The average Bonchev–Trinajstić information content (AvgIpc) is 3.10. The van der Waals surface area contributed by atoms with Crippen LogP contribution in [0, 0.1) is 13.8 Å². The Bertz CT molecular complexity index is 977. The van der Waals surface area contributed by atoms with E-state index in [9.17, 15) is 4.79 Å². The highest BCUT2D eigenvalue weighted by Crippen LogP contribution is 2.19. The highest BCUT2D eigenvalue weighted by atomic mass is 32.1. The van der Waals surface area contributed by atoms with E-state index in [0.29, 0.717) is 18.2 Å². The van der Waals surface area contributed by atoms with Crippen molar-refractivity contribution in [3.63, 3.8) is 0 Å². The SMILES string of the molecule is CCNC(=S)N(Cc1cccs1)Cc1cc2cc(C)c(C)cc2[nH]c1=O. The number of benzene rings is 1. The molecule has 3 aromatic rings. The molecule has 0 aliphatic carbocycles. The molecule has 0 atom stereocenters. The standard InChI is InChI=1S/C20H23N3OS2/c1-4-21-20(25)23(12-17-6-5-7-26-17)11-16-10-15-8-13(2)14(3)9-18(15)22-19(16)24/h5-10H,4,11-12H2,1-3H3,(H,21,25)(H,22,24). The molecular weight excluding hydrogens is 362 g/mol. The van der Waals surface area contributed by atoms with Crippen molar-refractivity contribution in [3.8, 4) is 0 Å². The van der Waals surface area contributed by atoms with Gasteiger partial charge in [-0.3, -0.25) is 4.79 Å². The van der Waals surface area contributed by atoms with E-state index in [4.69, 9.17) is 12.2 Å². The molecule has 2 N–H and O–H groups in total. The van der Waals surface area contributed by atoms with E-state index in [1.807, 2.05) is 30.0 Å². The molecule has 0 amide bonds. The summed E-state index contributed by atoms with van der Waals surface area (Å²) in [5.74, 6) is 0. The molecule has 0 saturated carbocycles. The van der Waals surface area contributed by atoms with Gasteiger partial charge in [0.1, 0.15) is 0 Å². The molecule has 136 valence electrons. The molecule has 0 saturated heterocycles. The maximum Gasteiger partial charge on any atom is 0.253 e. The molecule has 0 aliphatic rings. The second-order valence-corrected chi connectivity index (χ2v) is 7.84. The summed E-state index contributed by atoms with van der Waals surface area (Å²) in [6, 6.07) is 10.3. The molecule has 0 aliphatic heterocycles. The summed E-state index contributed by atoms with van der Waals surface area (Å²) in [6.07, 6.45) is 0. The number of thiophene rings is 1. The van der Waals surface area contributed by atoms with E-state index < -0.39 is 0 Å². The number of nitrogens with zero attached hydrogens (tertiary/aromatic N) is 1. The summed E-state index contributed by atoms with van der Waals surface area (Å²) in [5.41, 5.74) is 3.93. The predicted molar refractivity (Wildman–Crippen MR) is 114 cm³/mol. The molecule has 0 bridgehead atoms. The minimum absolute atomic E-state index is 0.0590. The highest BCUT2D eigenvalue weighted by Gasteiger charge is 2.14. The lowest BCUT2D eigenvalue weighted by Gasteiger charge is -2.25. The summed E-state index contributed by atoms with van der Waals surface area (Å²) in [5, 5.41) is 6.97. The van der Waals surface area contributed by atoms with Crippen LogP contribution in [0.1, 0.15) is 28.5 Å². The van der Waals surface area contributed by atoms with Crippen LogP contribution < -0.4 is 10.9 Å². The van der Waals surface area contributed by atoms with Crippen molar-refractivity contribution in [1.29, 1.82) is 0 Å². The lowest BCUT2D eigenvalue weighted by Crippen LogP contribution is -2.39. The van der Waals surface area contributed by atoms with E-state index >= 15 is 0 Å². The number of aromatic nitrogens is 1. The third kappa shape index (κ3) is 4.14. The van der Waals surface area contributed by atoms with Crippen molar-refractivity contribution in [2.75, 3.05) is 6.54 Å². The quantitative estimate of drug-likeness (QED) is 0.649. The first-order valence-electron chi connectivity index (χ1n) is 8.66. The fourth-order valence-corrected chi connectivity index (χ4v) is 3.89. The summed E-state index contributed by atoms with van der Waals surface area (Å²) in [6.45, 7) is 8.08. The molecular formula is C20H23N3OS2. The van der Waals surface area contributed by atoms with Gasteiger partial charge in [0.2, 0.25) is 0 Å². The number of hydrogen-bond donors (Lipinski definition) is 2. The van der Waals surface area contributed by atoms with Gasteiger partial charge in [0.25, 0.3) is 5.56 Å². The highest BCUT2D eigenvalue weighted by molar-refractivity contribution is 7.80. The average molecular weight is 386 g/mol. The zero-order valence-corrected chi connectivity index (χ0v) is 16.9. The number of aryl methyl sites for hydroxylation is 2. The first-order chi connectivity index (χ1) is 12.5. The van der Waals surface area contributed by atoms with Gasteiger partial charge >= 0.3 is 0 Å². The van der Waals surface area contributed by atoms with Crippen molar-refractivity contribution in [2.24, 2.45) is 0 Å². The van der Waals surface area contributed by atoms with Gasteiger partial charge in [-0.15, -0.1) is 11.3 Å². The zero-order chi connectivity index (χ0) is 18.7. The third-order valence-corrected chi connectivity index (χ3v) is 5.70. The van der Waals surface area contributed by atoms with E-state index in [1.54, 1.807) is 11.3 Å². The molecule has 0 unspecified atom stereocenters. The van der Waals surface area contributed by atoms with Crippen LogP contribution >= 0.6 is 23.6 Å². The topological polar surface area (TPSA) is 48.1 Å². The smallest absolute Gasteiger partial charge is 0.253 e. The van der Waals surface area contributed by atoms with Crippen molar-refractivity contribution in [3.05, 3.63) is 67.6 Å². The lowest BCUT2D eigenvalue weighted by atomic mass is 10.0. The molecule has 2 aromatic heterocycles. The number of H-pyrrole nitrogens is 1. The van der Waals surface area contributed by atoms with Crippen molar-refractivity contribution in [1.82, 2.24) is 15.2 Å². The summed E-state index contributed by atoms with van der Waals surface area (Å²) >= 11 is 7.22. The normalized spacial score (nSPS) is 10.9. The second kappa shape index (κ2) is 8.01. The van der Waals surface area contributed by atoms with Gasteiger partial charge in [-0.1, -0.05) is 6.07 Å². The van der Waals surface area contributed by atoms with Gasteiger partial charge in [0.05, 0.1) is 13.1 Å². The maximum atomic E-state index is 12.6. The number of thiocarbonyl (C=S) groups is 1. The van der Waals surface area contributed by atoms with Crippen molar-refractivity contribution >= 4 is 39.6 Å². The van der Waals surface area contributed by atoms with Gasteiger partial charge in [-0.25, -0.2) is 0 Å². The summed E-state index contributed by atoms with van der Waals surface area (Å²) in [7, 11) is 0. The van der Waals surface area contributed by atoms with Crippen molar-refractivity contribution < 1.29 is 0 Å². The number of pyridine rings is 1. The number of rotatable bonds is 5. The fourth-order valence-electron chi connectivity index (χ4n) is 2.90. The number of aromatic amines is 1. The first-order valence-corrected chi connectivity index (χ1v) is 9.95. The van der Waals surface area contributed by atoms with Crippen LogP contribution in [0.2, 0.25) is 0 Å². The summed E-state index contributed by atoms with van der Waals surface area (Å²) < 4.78 is 0. The number of fused-ring (bicyclic) bond motifs is 1. The molecule has 0 radical (unpaired) electrons. The zero-order valence-electron chi connectivity index (χ0n) is 15.3. The Morgan fingerprint density at radius 2 is 2.00 bits per heavy atom. The maximum absolute atomic E-state index is 12.6. The van der Waals surface area contributed by atoms with Crippen molar-refractivity contribution in [2.45, 2.75) is 33.9 Å². The minimum Gasteiger partial charge on any atom is -0.363 e. The molecule has 4 nitrogen and oxygen atoms in total. The van der Waals surface area contributed by atoms with Crippen LogP contribution in [0.3, 0.4) is 0 Å². The lowest BCUT2D eigenvalue weighted by molar-refractivity contribution is 0.402. The number of nitrogens with one attached hydrogen (secondary N) is 2. The van der Waals surface area contributed by atoms with E-state index in [2.05, 4.69) is 41.7 Å². The fraction of sp³-hybridized carbons (Fsp3) is 0.300. The van der Waals surface area contributed by atoms with Gasteiger partial charge in [-0.05, 0) is 79.1 Å². The van der Waals surface area contributed by atoms with Crippen LogP contribution in [0.15, 0.2) is 40.5 Å². The van der Waals surface area contributed by atoms with Gasteiger partial charge in [0, 0.05) is 22.5 Å². The van der Waals surface area contributed by atoms with Gasteiger partial charge in [-0.2, -0.15) is 0 Å². The van der Waals surface area contributed by atoms with E-state index in [-0.39, 0.29) is 5.56 Å². The van der Waals surface area contributed by atoms with Gasteiger partial charge < -0.3 is 15.2 Å². The Morgan fingerprint density at radius 3 is 2.69 bits per heavy atom. The molecule has 0 spiro atoms. The van der Waals surface area contributed by atoms with Crippen LogP contribution in [0.4, 0.5) is 0 Å². The predicted octanol–water partition coefficient (Wildman–Crippen LogP) is 4.10. The van der Waals surface area contributed by atoms with Gasteiger partial charge in [0.15, 0.2) is 5.11 Å². The largest absolute Gasteiger partial charge is 0.363 e. The van der Waals surface area contributed by atoms with E-state index in [0.717, 1.165) is 23.0 Å². The monoisotopic (exact) mass is 385 g/mol. The Balaban J connectivity index is 1.94. The molecule has 2 heterocycles. The molecule has 26 heavy (non-hydrogen) atoms. The Hall–Kier alpha value is -2.18. The Labute approximate surface area is 162 Å². The Kier molecular flexibility index (Phi) is 5.74. The molecule has 3 rings (SSSR count). The van der Waals surface area contributed by atoms with E-state index in [1.165, 1.54) is 16.0 Å². The Morgan fingerprint density at radius 1 is 1.23 bits per heavy atom. The third-order valence-electron chi connectivity index (χ3n) is 4.44. The van der Waals surface area contributed by atoms with Crippen LogP contribution in [-0.2, 0) is 13.1 Å². The molecule has 6 heteroatoms. The van der Waals surface area contributed by atoms with Crippen LogP contribution in [-0.4, -0.2) is 21.5 Å². The van der Waals surface area contributed by atoms with Crippen LogP contribution in [0.5, 0.6) is 0 Å². The second-order valence-electron chi connectivity index (χ2n) is 6.42. The first kappa shape index (κ1) is 18.6. The summed E-state index contributed by atoms with van der Waals surface area (Å²) in [4.78, 5) is 18.9. The van der Waals surface area contributed by atoms with Crippen LogP contribution in [0.25, 0.3) is 10.9 Å². The molecule has 0 fully saturated rings. The molecule has 1 aromatic carbocycles.